The van der Waals surface area contributed by atoms with Crippen LogP contribution in [0.25, 0.3) is 0 Å². The Morgan fingerprint density at radius 1 is 1.07 bits per heavy atom. The van der Waals surface area contributed by atoms with Crippen LogP contribution in [0.3, 0.4) is 0 Å². The Balaban J connectivity index is 1.60. The zero-order valence-corrected chi connectivity index (χ0v) is 15.8. The van der Waals surface area contributed by atoms with E-state index in [2.05, 4.69) is 16.6 Å². The summed E-state index contributed by atoms with van der Waals surface area (Å²) in [5.74, 6) is 0.208. The lowest BCUT2D eigenvalue weighted by Gasteiger charge is -2.07. The van der Waals surface area contributed by atoms with E-state index < -0.39 is 5.91 Å². The molecule has 0 saturated carbocycles. The van der Waals surface area contributed by atoms with Crippen LogP contribution in [-0.4, -0.2) is 17.2 Å². The van der Waals surface area contributed by atoms with Crippen molar-refractivity contribution in [3.8, 4) is 11.5 Å². The molecule has 5 nitrogen and oxygen atoms in total. The van der Waals surface area contributed by atoms with E-state index in [9.17, 15) is 9.90 Å². The van der Waals surface area contributed by atoms with Crippen LogP contribution in [0.2, 0.25) is 0 Å². The Morgan fingerprint density at radius 3 is 2.68 bits per heavy atom. The Bertz CT molecular complexity index is 1010. The van der Waals surface area contributed by atoms with Crippen molar-refractivity contribution < 1.29 is 14.6 Å². The second-order valence-electron chi connectivity index (χ2n) is 6.52. The second-order valence-corrected chi connectivity index (χ2v) is 6.52. The van der Waals surface area contributed by atoms with E-state index in [4.69, 9.17) is 4.74 Å². The van der Waals surface area contributed by atoms with Gasteiger partial charge in [0.05, 0.1) is 11.8 Å². The van der Waals surface area contributed by atoms with Crippen LogP contribution in [-0.2, 0) is 6.61 Å². The van der Waals surface area contributed by atoms with Crippen LogP contribution in [0.4, 0.5) is 0 Å². The maximum atomic E-state index is 12.2. The fourth-order valence-electron chi connectivity index (χ4n) is 2.72. The van der Waals surface area contributed by atoms with Crippen molar-refractivity contribution in [1.82, 2.24) is 5.43 Å². The first-order chi connectivity index (χ1) is 13.5. The summed E-state index contributed by atoms with van der Waals surface area (Å²) in [5.41, 5.74) is 6.33. The van der Waals surface area contributed by atoms with Gasteiger partial charge >= 0.3 is 0 Å². The summed E-state index contributed by atoms with van der Waals surface area (Å²) in [4.78, 5) is 12.2. The third-order valence-corrected chi connectivity index (χ3v) is 4.21. The molecule has 0 bridgehead atoms. The number of nitrogens with zero attached hydrogens (tertiary/aromatic N) is 1. The van der Waals surface area contributed by atoms with Crippen molar-refractivity contribution >= 4 is 12.1 Å². The van der Waals surface area contributed by atoms with Gasteiger partial charge in [-0.3, -0.25) is 4.79 Å². The second kappa shape index (κ2) is 8.86. The number of amides is 1. The summed E-state index contributed by atoms with van der Waals surface area (Å²) in [6.45, 7) is 4.26. The van der Waals surface area contributed by atoms with Gasteiger partial charge in [0, 0.05) is 0 Å². The maximum Gasteiger partial charge on any atom is 0.275 e. The normalized spacial score (nSPS) is 10.8. The number of hydrogen-bond acceptors (Lipinski definition) is 4. The summed E-state index contributed by atoms with van der Waals surface area (Å²) in [6.07, 6.45) is 1.53. The van der Waals surface area contributed by atoms with Crippen LogP contribution in [0.1, 0.15) is 32.6 Å². The zero-order chi connectivity index (χ0) is 19.9. The number of nitrogens with one attached hydrogen (secondary N) is 1. The van der Waals surface area contributed by atoms with Gasteiger partial charge in [0.15, 0.2) is 0 Å². The van der Waals surface area contributed by atoms with Gasteiger partial charge in [-0.05, 0) is 48.7 Å². The number of carbonyl (C=O) groups is 1. The third-order valence-electron chi connectivity index (χ3n) is 4.21. The zero-order valence-electron chi connectivity index (χ0n) is 15.8. The van der Waals surface area contributed by atoms with E-state index in [1.807, 2.05) is 49.4 Å². The summed E-state index contributed by atoms with van der Waals surface area (Å²) >= 11 is 0. The molecular weight excluding hydrogens is 352 g/mol. The Morgan fingerprint density at radius 2 is 1.86 bits per heavy atom. The summed E-state index contributed by atoms with van der Waals surface area (Å²) < 4.78 is 5.83. The average Bonchev–Trinajstić information content (AvgIpc) is 2.69. The number of benzene rings is 3. The molecule has 3 aromatic rings. The van der Waals surface area contributed by atoms with E-state index in [1.54, 1.807) is 25.1 Å². The molecule has 0 aromatic heterocycles. The lowest BCUT2D eigenvalue weighted by molar-refractivity contribution is 0.0952. The Hall–Kier alpha value is -3.60. The molecule has 0 saturated heterocycles. The van der Waals surface area contributed by atoms with Crippen molar-refractivity contribution in [1.29, 1.82) is 0 Å². The Kier molecular flexibility index (Phi) is 6.07. The van der Waals surface area contributed by atoms with Gasteiger partial charge in [-0.1, -0.05) is 54.1 Å². The predicted molar refractivity (Wildman–Crippen MR) is 110 cm³/mol. The molecule has 0 aliphatic heterocycles. The molecule has 0 radical (unpaired) electrons. The fraction of sp³-hybridized carbons (Fsp3) is 0.130. The molecule has 3 rings (SSSR count). The SMILES string of the molecule is Cc1cccc(COc2cccc(/C=N/NC(=O)c3cccc(C)c3O)c2)c1. The molecule has 1 amide bonds. The minimum Gasteiger partial charge on any atom is -0.507 e. The number of hydrazone groups is 1. The number of hydrogen-bond donors (Lipinski definition) is 2. The first-order valence-corrected chi connectivity index (χ1v) is 8.93. The number of aryl methyl sites for hydroxylation is 2. The number of carbonyl (C=O) groups excluding carboxylic acids is 1. The molecule has 0 atom stereocenters. The standard InChI is InChI=1S/C23H22N2O3/c1-16-6-3-9-19(12-16)15-28-20-10-5-8-18(13-20)14-24-25-23(27)21-11-4-7-17(2)22(21)26/h3-14,26H,15H2,1-2H3,(H,25,27)/b24-14+. The molecule has 0 aliphatic rings. The van der Waals surface area contributed by atoms with Crippen molar-refractivity contribution in [3.63, 3.8) is 0 Å². The highest BCUT2D eigenvalue weighted by atomic mass is 16.5. The third kappa shape index (κ3) is 4.98. The quantitative estimate of drug-likeness (QED) is 0.498. The maximum absolute atomic E-state index is 12.2. The summed E-state index contributed by atoms with van der Waals surface area (Å²) in [5, 5.41) is 13.9. The van der Waals surface area contributed by atoms with Crippen LogP contribution in [0.5, 0.6) is 11.5 Å². The molecule has 28 heavy (non-hydrogen) atoms. The topological polar surface area (TPSA) is 70.9 Å². The van der Waals surface area contributed by atoms with E-state index in [1.165, 1.54) is 11.8 Å². The van der Waals surface area contributed by atoms with Crippen molar-refractivity contribution in [3.05, 3.63) is 94.5 Å². The minimum absolute atomic E-state index is 0.0400. The average molecular weight is 374 g/mol. The molecule has 0 aliphatic carbocycles. The number of phenols is 1. The van der Waals surface area contributed by atoms with Crippen LogP contribution >= 0.6 is 0 Å². The van der Waals surface area contributed by atoms with E-state index >= 15 is 0 Å². The number of ether oxygens (including phenoxy) is 1. The predicted octanol–water partition coefficient (Wildman–Crippen LogP) is 4.35. The molecule has 5 heteroatoms. The molecule has 3 aromatic carbocycles. The van der Waals surface area contributed by atoms with Gasteiger partial charge in [-0.25, -0.2) is 5.43 Å². The minimum atomic E-state index is -0.468. The van der Waals surface area contributed by atoms with Gasteiger partial charge in [-0.15, -0.1) is 0 Å². The molecule has 0 heterocycles. The number of aromatic hydroxyl groups is 1. The van der Waals surface area contributed by atoms with Crippen LogP contribution in [0, 0.1) is 13.8 Å². The highest BCUT2D eigenvalue weighted by Crippen LogP contribution is 2.21. The number of para-hydroxylation sites is 1. The Labute approximate surface area is 164 Å². The summed E-state index contributed by atoms with van der Waals surface area (Å²) in [6, 6.07) is 20.6. The molecular formula is C23H22N2O3. The highest BCUT2D eigenvalue weighted by molar-refractivity contribution is 5.97. The van der Waals surface area contributed by atoms with E-state index in [0.717, 1.165) is 11.1 Å². The van der Waals surface area contributed by atoms with Gasteiger partial charge < -0.3 is 9.84 Å². The van der Waals surface area contributed by atoms with Crippen molar-refractivity contribution in [2.24, 2.45) is 5.10 Å². The molecule has 0 fully saturated rings. The lowest BCUT2D eigenvalue weighted by atomic mass is 10.1. The van der Waals surface area contributed by atoms with Crippen molar-refractivity contribution in [2.75, 3.05) is 0 Å². The fourth-order valence-corrected chi connectivity index (χ4v) is 2.72. The van der Waals surface area contributed by atoms with Crippen molar-refractivity contribution in [2.45, 2.75) is 20.5 Å². The monoisotopic (exact) mass is 374 g/mol. The first kappa shape index (κ1) is 19.2. The van der Waals surface area contributed by atoms with Crippen LogP contribution < -0.4 is 10.2 Å². The van der Waals surface area contributed by atoms with Crippen LogP contribution in [0.15, 0.2) is 71.8 Å². The molecule has 142 valence electrons. The number of rotatable bonds is 6. The van der Waals surface area contributed by atoms with Gasteiger partial charge in [-0.2, -0.15) is 5.10 Å². The first-order valence-electron chi connectivity index (χ1n) is 8.93. The number of phenolic OH excluding ortho intramolecular Hbond substituents is 1. The van der Waals surface area contributed by atoms with Gasteiger partial charge in [0.2, 0.25) is 0 Å². The van der Waals surface area contributed by atoms with Gasteiger partial charge in [0.1, 0.15) is 18.1 Å². The lowest BCUT2D eigenvalue weighted by Crippen LogP contribution is -2.17. The van der Waals surface area contributed by atoms with E-state index in [0.29, 0.717) is 17.9 Å². The largest absolute Gasteiger partial charge is 0.507 e. The molecule has 0 unspecified atom stereocenters. The highest BCUT2D eigenvalue weighted by Gasteiger charge is 2.11. The van der Waals surface area contributed by atoms with E-state index in [-0.39, 0.29) is 11.3 Å². The van der Waals surface area contributed by atoms with Gasteiger partial charge in [0.25, 0.3) is 5.91 Å². The molecule has 0 spiro atoms. The summed E-state index contributed by atoms with van der Waals surface area (Å²) in [7, 11) is 0. The molecule has 2 N–H and O–H groups in total. The smallest absolute Gasteiger partial charge is 0.275 e.